The van der Waals surface area contributed by atoms with Gasteiger partial charge in [0.1, 0.15) is 6.04 Å². The van der Waals surface area contributed by atoms with Crippen LogP contribution in [0.15, 0.2) is 18.2 Å². The fourth-order valence-corrected chi connectivity index (χ4v) is 4.09. The van der Waals surface area contributed by atoms with E-state index in [0.717, 1.165) is 17.7 Å². The number of thioether (sulfide) groups is 1. The fourth-order valence-electron chi connectivity index (χ4n) is 2.93. The summed E-state index contributed by atoms with van der Waals surface area (Å²) in [5.74, 6) is 2.00. The van der Waals surface area contributed by atoms with Crippen molar-refractivity contribution in [2.45, 2.75) is 33.2 Å². The average Bonchev–Trinajstić information content (AvgIpc) is 3.01. The van der Waals surface area contributed by atoms with Crippen LogP contribution in [-0.2, 0) is 9.59 Å². The highest BCUT2D eigenvalue weighted by Gasteiger charge is 2.45. The number of carbonyl (C=O) groups excluding carboxylic acids is 2. The molecule has 1 aliphatic carbocycles. The summed E-state index contributed by atoms with van der Waals surface area (Å²) in [6, 6.07) is 5.63. The smallest absolute Gasteiger partial charge is 0.248 e. The third-order valence-corrected chi connectivity index (χ3v) is 5.55. The van der Waals surface area contributed by atoms with Crippen LogP contribution in [0.3, 0.4) is 0 Å². The molecule has 1 aromatic carbocycles. The average molecular weight is 318 g/mol. The first-order valence-corrected chi connectivity index (χ1v) is 8.89. The van der Waals surface area contributed by atoms with Gasteiger partial charge < -0.3 is 10.2 Å². The zero-order valence-corrected chi connectivity index (χ0v) is 14.1. The molecule has 4 nitrogen and oxygen atoms in total. The van der Waals surface area contributed by atoms with Gasteiger partial charge in [-0.05, 0) is 37.8 Å². The first-order valence-electron chi connectivity index (χ1n) is 7.73. The van der Waals surface area contributed by atoms with E-state index in [1.165, 1.54) is 5.56 Å². The molecule has 0 aromatic heterocycles. The van der Waals surface area contributed by atoms with Crippen molar-refractivity contribution in [3.63, 3.8) is 0 Å². The first kappa shape index (κ1) is 15.4. The molecule has 3 rings (SSSR count). The molecule has 0 spiro atoms. The standard InChI is InChI=1S/C17H22N2O2S/c1-10-4-5-14(12(3)6-10)18-16(20)15-8-22-9-19(15)17(21)13-7-11(13)2/h4-6,11,13,15H,7-9H2,1-3H3,(H,18,20)/t11-,13-,15-/m0/s1. The molecular weight excluding hydrogens is 296 g/mol. The van der Waals surface area contributed by atoms with Gasteiger partial charge in [-0.25, -0.2) is 0 Å². The van der Waals surface area contributed by atoms with Gasteiger partial charge in [0, 0.05) is 17.4 Å². The summed E-state index contributed by atoms with van der Waals surface area (Å²) in [5, 5.41) is 2.99. The van der Waals surface area contributed by atoms with Crippen molar-refractivity contribution < 1.29 is 9.59 Å². The van der Waals surface area contributed by atoms with Gasteiger partial charge in [-0.15, -0.1) is 11.8 Å². The molecule has 2 amide bonds. The monoisotopic (exact) mass is 318 g/mol. The molecule has 1 heterocycles. The van der Waals surface area contributed by atoms with Gasteiger partial charge in [0.05, 0.1) is 5.88 Å². The molecule has 22 heavy (non-hydrogen) atoms. The fraction of sp³-hybridized carbons (Fsp3) is 0.529. The molecular formula is C17H22N2O2S. The van der Waals surface area contributed by atoms with E-state index < -0.39 is 0 Å². The molecule has 1 saturated heterocycles. The predicted octanol–water partition coefficient (Wildman–Crippen LogP) is 2.80. The van der Waals surface area contributed by atoms with E-state index in [4.69, 9.17) is 0 Å². The van der Waals surface area contributed by atoms with Crippen molar-refractivity contribution in [3.8, 4) is 0 Å². The highest BCUT2D eigenvalue weighted by Crippen LogP contribution is 2.41. The molecule has 118 valence electrons. The van der Waals surface area contributed by atoms with Crippen LogP contribution in [0.2, 0.25) is 0 Å². The minimum Gasteiger partial charge on any atom is -0.324 e. The number of amides is 2. The summed E-state index contributed by atoms with van der Waals surface area (Å²) in [4.78, 5) is 26.8. The minimum atomic E-state index is -0.342. The molecule has 5 heteroatoms. The Labute approximate surface area is 135 Å². The van der Waals surface area contributed by atoms with Crippen LogP contribution < -0.4 is 5.32 Å². The summed E-state index contributed by atoms with van der Waals surface area (Å²) in [7, 11) is 0. The molecule has 0 radical (unpaired) electrons. The van der Waals surface area contributed by atoms with Crippen LogP contribution >= 0.6 is 11.8 Å². The number of anilines is 1. The second kappa shape index (κ2) is 5.95. The Hall–Kier alpha value is -1.49. The maximum Gasteiger partial charge on any atom is 0.248 e. The molecule has 0 unspecified atom stereocenters. The lowest BCUT2D eigenvalue weighted by Crippen LogP contribution is -2.45. The Kier molecular flexibility index (Phi) is 4.17. The Morgan fingerprint density at radius 3 is 2.68 bits per heavy atom. The maximum atomic E-state index is 12.6. The van der Waals surface area contributed by atoms with Gasteiger partial charge in [0.25, 0.3) is 0 Å². The van der Waals surface area contributed by atoms with Crippen molar-refractivity contribution in [2.75, 3.05) is 16.9 Å². The van der Waals surface area contributed by atoms with E-state index in [0.29, 0.717) is 17.5 Å². The van der Waals surface area contributed by atoms with Crippen molar-refractivity contribution in [2.24, 2.45) is 11.8 Å². The summed E-state index contributed by atoms with van der Waals surface area (Å²) in [6.07, 6.45) is 0.964. The second-order valence-electron chi connectivity index (χ2n) is 6.45. The van der Waals surface area contributed by atoms with Crippen molar-refractivity contribution in [1.82, 2.24) is 4.90 Å². The number of nitrogens with zero attached hydrogens (tertiary/aromatic N) is 1. The van der Waals surface area contributed by atoms with Crippen LogP contribution in [0.4, 0.5) is 5.69 Å². The van der Waals surface area contributed by atoms with Crippen LogP contribution in [0, 0.1) is 25.7 Å². The largest absolute Gasteiger partial charge is 0.324 e. The third-order valence-electron chi connectivity index (χ3n) is 4.53. The molecule has 1 aromatic rings. The van der Waals surface area contributed by atoms with Crippen LogP contribution in [0.5, 0.6) is 0 Å². The van der Waals surface area contributed by atoms with Crippen LogP contribution in [-0.4, -0.2) is 34.4 Å². The number of aryl methyl sites for hydroxylation is 2. The third kappa shape index (κ3) is 3.00. The lowest BCUT2D eigenvalue weighted by atomic mass is 10.1. The molecule has 0 bridgehead atoms. The second-order valence-corrected chi connectivity index (χ2v) is 7.45. The summed E-state index contributed by atoms with van der Waals surface area (Å²) in [5.41, 5.74) is 3.05. The van der Waals surface area contributed by atoms with E-state index in [-0.39, 0.29) is 23.8 Å². The van der Waals surface area contributed by atoms with E-state index in [1.807, 2.05) is 32.0 Å². The first-order chi connectivity index (χ1) is 10.5. The minimum absolute atomic E-state index is 0.0707. The predicted molar refractivity (Wildman–Crippen MR) is 89.8 cm³/mol. The topological polar surface area (TPSA) is 49.4 Å². The Bertz CT molecular complexity index is 617. The van der Waals surface area contributed by atoms with E-state index >= 15 is 0 Å². The Morgan fingerprint density at radius 2 is 2.05 bits per heavy atom. The Balaban J connectivity index is 1.69. The summed E-state index contributed by atoms with van der Waals surface area (Å²) < 4.78 is 0. The van der Waals surface area contributed by atoms with Gasteiger partial charge in [0.2, 0.25) is 11.8 Å². The number of rotatable bonds is 3. The number of benzene rings is 1. The SMILES string of the molecule is Cc1ccc(NC(=O)[C@@H]2CSCN2C(=O)[C@H]2C[C@@H]2C)c(C)c1. The van der Waals surface area contributed by atoms with E-state index in [2.05, 4.69) is 12.2 Å². The zero-order chi connectivity index (χ0) is 15.9. The number of nitrogens with one attached hydrogen (secondary N) is 1. The normalized spacial score (nSPS) is 26.9. The molecule has 2 fully saturated rings. The molecule has 1 N–H and O–H groups in total. The highest BCUT2D eigenvalue weighted by molar-refractivity contribution is 7.99. The van der Waals surface area contributed by atoms with Crippen molar-refractivity contribution >= 4 is 29.3 Å². The maximum absolute atomic E-state index is 12.6. The van der Waals surface area contributed by atoms with Crippen LogP contribution in [0.25, 0.3) is 0 Å². The van der Waals surface area contributed by atoms with Gasteiger partial charge in [-0.2, -0.15) is 0 Å². The lowest BCUT2D eigenvalue weighted by molar-refractivity contribution is -0.137. The Morgan fingerprint density at radius 1 is 1.32 bits per heavy atom. The van der Waals surface area contributed by atoms with Gasteiger partial charge in [-0.3, -0.25) is 9.59 Å². The molecule has 3 atom stereocenters. The van der Waals surface area contributed by atoms with Crippen LogP contribution in [0.1, 0.15) is 24.5 Å². The highest BCUT2D eigenvalue weighted by atomic mass is 32.2. The van der Waals surface area contributed by atoms with E-state index in [1.54, 1.807) is 16.7 Å². The molecule has 1 aliphatic heterocycles. The summed E-state index contributed by atoms with van der Waals surface area (Å²) in [6.45, 7) is 6.11. The summed E-state index contributed by atoms with van der Waals surface area (Å²) >= 11 is 1.65. The van der Waals surface area contributed by atoms with Gasteiger partial charge in [-0.1, -0.05) is 24.6 Å². The number of carbonyl (C=O) groups is 2. The number of hydrogen-bond donors (Lipinski definition) is 1. The quantitative estimate of drug-likeness (QED) is 0.932. The van der Waals surface area contributed by atoms with Gasteiger partial charge in [0.15, 0.2) is 0 Å². The molecule has 2 aliphatic rings. The zero-order valence-electron chi connectivity index (χ0n) is 13.3. The van der Waals surface area contributed by atoms with Crippen molar-refractivity contribution in [1.29, 1.82) is 0 Å². The van der Waals surface area contributed by atoms with Gasteiger partial charge >= 0.3 is 0 Å². The molecule has 1 saturated carbocycles. The van der Waals surface area contributed by atoms with E-state index in [9.17, 15) is 9.59 Å². The lowest BCUT2D eigenvalue weighted by Gasteiger charge is -2.23. The van der Waals surface area contributed by atoms with Crippen molar-refractivity contribution in [3.05, 3.63) is 29.3 Å². The number of hydrogen-bond acceptors (Lipinski definition) is 3.